The van der Waals surface area contributed by atoms with Crippen molar-refractivity contribution in [3.8, 4) is 11.3 Å². The van der Waals surface area contributed by atoms with E-state index < -0.39 is 11.9 Å². The van der Waals surface area contributed by atoms with E-state index >= 15 is 4.39 Å². The van der Waals surface area contributed by atoms with Gasteiger partial charge in [0.25, 0.3) is 0 Å². The first-order valence-electron chi connectivity index (χ1n) is 13.8. The molecule has 0 bridgehead atoms. The molecule has 6 rings (SSSR count). The summed E-state index contributed by atoms with van der Waals surface area (Å²) >= 11 is 0. The van der Waals surface area contributed by atoms with Gasteiger partial charge in [0, 0.05) is 62.5 Å². The zero-order chi connectivity index (χ0) is 29.2. The maximum atomic E-state index is 15.1. The highest BCUT2D eigenvalue weighted by Gasteiger charge is 2.29. The van der Waals surface area contributed by atoms with Crippen LogP contribution in [0.5, 0.6) is 0 Å². The Balaban J connectivity index is 1.25. The first-order valence-corrected chi connectivity index (χ1v) is 13.8. The molecule has 2 aliphatic heterocycles. The minimum absolute atomic E-state index is 0.110. The molecule has 1 saturated heterocycles. The molecule has 0 unspecified atom stereocenters. The maximum absolute atomic E-state index is 15.1. The van der Waals surface area contributed by atoms with Crippen molar-refractivity contribution in [2.75, 3.05) is 64.2 Å². The minimum atomic E-state index is -0.584. The fourth-order valence-corrected chi connectivity index (χ4v) is 5.46. The van der Waals surface area contributed by atoms with E-state index in [-0.39, 0.29) is 30.1 Å². The van der Waals surface area contributed by atoms with E-state index in [4.69, 9.17) is 9.47 Å². The van der Waals surface area contributed by atoms with Gasteiger partial charge in [0.2, 0.25) is 11.9 Å². The molecule has 12 heteroatoms. The predicted octanol–water partition coefficient (Wildman–Crippen LogP) is 3.42. The number of benzene rings is 2. The lowest BCUT2D eigenvalue weighted by molar-refractivity contribution is -0.124. The number of halogens is 1. The number of esters is 1. The normalized spacial score (nSPS) is 16.6. The number of H-pyrrole nitrogens is 1. The van der Waals surface area contributed by atoms with Crippen LogP contribution in [0, 0.1) is 5.82 Å². The number of para-hydroxylation sites is 1. The standard InChI is InChI=1S/C30H32FN7O4/c1-37-9-11-38(12-10-37)25(17-41-2)28(39)35-24-5-3-4-21-22(15-32-27(21)24)26-23(31)16-33-30(36-26)34-19-6-7-20-18(14-19)8-13-42-29(20)40/h3-7,14-16,25,32H,8-13,17H2,1-2H3,(H,35,39)(H,33,34,36)/t25-/m1/s1. The number of aromatic amines is 1. The summed E-state index contributed by atoms with van der Waals surface area (Å²) in [6, 6.07) is 10.3. The Kier molecular flexibility index (Phi) is 7.83. The van der Waals surface area contributed by atoms with Crippen LogP contribution in [-0.4, -0.2) is 96.2 Å². The molecular weight excluding hydrogens is 541 g/mol. The lowest BCUT2D eigenvalue weighted by Gasteiger charge is -2.36. The van der Waals surface area contributed by atoms with Crippen molar-refractivity contribution in [2.24, 2.45) is 0 Å². The number of nitrogens with zero attached hydrogens (tertiary/aromatic N) is 4. The van der Waals surface area contributed by atoms with Gasteiger partial charge in [-0.1, -0.05) is 12.1 Å². The molecule has 2 aliphatic rings. The molecule has 1 atom stereocenters. The number of hydrogen-bond acceptors (Lipinski definition) is 9. The lowest BCUT2D eigenvalue weighted by atomic mass is 10.0. The van der Waals surface area contributed by atoms with Crippen LogP contribution in [0.15, 0.2) is 48.8 Å². The van der Waals surface area contributed by atoms with Crippen LogP contribution >= 0.6 is 0 Å². The second kappa shape index (κ2) is 11.8. The summed E-state index contributed by atoms with van der Waals surface area (Å²) < 4.78 is 25.6. The van der Waals surface area contributed by atoms with Crippen LogP contribution in [-0.2, 0) is 20.7 Å². The van der Waals surface area contributed by atoms with Gasteiger partial charge in [0.1, 0.15) is 11.7 Å². The van der Waals surface area contributed by atoms with E-state index in [1.807, 2.05) is 24.3 Å². The summed E-state index contributed by atoms with van der Waals surface area (Å²) in [5.74, 6) is -0.882. The van der Waals surface area contributed by atoms with Crippen molar-refractivity contribution >= 4 is 40.1 Å². The number of cyclic esters (lactones) is 1. The molecule has 0 radical (unpaired) electrons. The van der Waals surface area contributed by atoms with Crippen LogP contribution < -0.4 is 10.6 Å². The Morgan fingerprint density at radius 2 is 2.02 bits per heavy atom. The Hall–Kier alpha value is -4.39. The zero-order valence-corrected chi connectivity index (χ0v) is 23.4. The molecule has 1 fully saturated rings. The van der Waals surface area contributed by atoms with E-state index in [0.717, 1.165) is 37.9 Å². The summed E-state index contributed by atoms with van der Waals surface area (Å²) in [6.07, 6.45) is 3.41. The van der Waals surface area contributed by atoms with Crippen molar-refractivity contribution in [1.29, 1.82) is 0 Å². The first-order chi connectivity index (χ1) is 20.4. The highest BCUT2D eigenvalue weighted by molar-refractivity contribution is 6.06. The van der Waals surface area contributed by atoms with Gasteiger partial charge < -0.3 is 30.0 Å². The van der Waals surface area contributed by atoms with Crippen LogP contribution in [0.1, 0.15) is 15.9 Å². The number of rotatable bonds is 8. The van der Waals surface area contributed by atoms with E-state index in [1.54, 1.807) is 25.4 Å². The first kappa shape index (κ1) is 27.8. The third-order valence-electron chi connectivity index (χ3n) is 7.76. The number of nitrogens with one attached hydrogen (secondary N) is 3. The lowest BCUT2D eigenvalue weighted by Crippen LogP contribution is -2.54. The molecule has 11 nitrogen and oxygen atoms in total. The molecule has 4 heterocycles. The van der Waals surface area contributed by atoms with Gasteiger partial charge >= 0.3 is 5.97 Å². The number of likely N-dealkylation sites (N-methyl/N-ethyl adjacent to an activating group) is 1. The molecule has 2 aromatic carbocycles. The number of ether oxygens (including phenoxy) is 2. The Morgan fingerprint density at radius 1 is 1.19 bits per heavy atom. The SMILES string of the molecule is COC[C@H](C(=O)Nc1cccc2c(-c3nc(Nc4ccc5c(c4)CCOC5=O)ncc3F)c[nH]c12)N1CCN(C)CC1. The minimum Gasteiger partial charge on any atom is -0.462 e. The molecule has 3 N–H and O–H groups in total. The summed E-state index contributed by atoms with van der Waals surface area (Å²) in [4.78, 5) is 41.5. The number of amides is 1. The predicted molar refractivity (Wildman–Crippen MR) is 156 cm³/mol. The molecule has 2 aromatic heterocycles. The topological polar surface area (TPSA) is 125 Å². The van der Waals surface area contributed by atoms with Gasteiger partial charge in [0.15, 0.2) is 5.82 Å². The van der Waals surface area contributed by atoms with Gasteiger partial charge in [-0.05, 0) is 36.9 Å². The second-order valence-corrected chi connectivity index (χ2v) is 10.5. The molecule has 0 saturated carbocycles. The third-order valence-corrected chi connectivity index (χ3v) is 7.76. The Bertz CT molecular complexity index is 1630. The highest BCUT2D eigenvalue weighted by Crippen LogP contribution is 2.33. The van der Waals surface area contributed by atoms with E-state index in [9.17, 15) is 9.59 Å². The number of hydrogen-bond donors (Lipinski definition) is 3. The molecule has 1 amide bonds. The van der Waals surface area contributed by atoms with Crippen LogP contribution in [0.4, 0.5) is 21.7 Å². The molecular formula is C30H32FN7O4. The zero-order valence-electron chi connectivity index (χ0n) is 23.4. The van der Waals surface area contributed by atoms with E-state index in [1.165, 1.54) is 0 Å². The van der Waals surface area contributed by atoms with Crippen molar-refractivity contribution in [3.63, 3.8) is 0 Å². The number of carbonyl (C=O) groups is 2. The number of carbonyl (C=O) groups excluding carboxylic acids is 2. The van der Waals surface area contributed by atoms with Gasteiger partial charge in [-0.3, -0.25) is 9.69 Å². The Morgan fingerprint density at radius 3 is 2.83 bits per heavy atom. The highest BCUT2D eigenvalue weighted by atomic mass is 19.1. The van der Waals surface area contributed by atoms with E-state index in [0.29, 0.717) is 46.4 Å². The van der Waals surface area contributed by atoms with Gasteiger partial charge in [-0.15, -0.1) is 0 Å². The molecule has 218 valence electrons. The largest absolute Gasteiger partial charge is 0.462 e. The Labute approximate surface area is 242 Å². The number of anilines is 3. The van der Waals surface area contributed by atoms with Gasteiger partial charge in [-0.2, -0.15) is 0 Å². The van der Waals surface area contributed by atoms with Crippen molar-refractivity contribution in [2.45, 2.75) is 12.5 Å². The number of fused-ring (bicyclic) bond motifs is 2. The average molecular weight is 574 g/mol. The summed E-state index contributed by atoms with van der Waals surface area (Å²) in [6.45, 7) is 3.92. The monoisotopic (exact) mass is 573 g/mol. The summed E-state index contributed by atoms with van der Waals surface area (Å²) in [5, 5.41) is 6.87. The fourth-order valence-electron chi connectivity index (χ4n) is 5.46. The number of piperazine rings is 1. The fraction of sp³-hybridized carbons (Fsp3) is 0.333. The maximum Gasteiger partial charge on any atom is 0.338 e. The molecule has 42 heavy (non-hydrogen) atoms. The average Bonchev–Trinajstić information content (AvgIpc) is 3.42. The quantitative estimate of drug-likeness (QED) is 0.272. The molecule has 0 aliphatic carbocycles. The van der Waals surface area contributed by atoms with Gasteiger partial charge in [0.05, 0.1) is 36.2 Å². The van der Waals surface area contributed by atoms with Crippen LogP contribution in [0.3, 0.4) is 0 Å². The van der Waals surface area contributed by atoms with Crippen molar-refractivity contribution in [1.82, 2.24) is 24.8 Å². The molecule has 0 spiro atoms. The second-order valence-electron chi connectivity index (χ2n) is 10.5. The summed E-state index contributed by atoms with van der Waals surface area (Å²) in [5.41, 5.74) is 3.96. The van der Waals surface area contributed by atoms with Crippen LogP contribution in [0.2, 0.25) is 0 Å². The van der Waals surface area contributed by atoms with Crippen molar-refractivity contribution in [3.05, 3.63) is 65.7 Å². The smallest absolute Gasteiger partial charge is 0.338 e. The van der Waals surface area contributed by atoms with Crippen LogP contribution in [0.25, 0.3) is 22.2 Å². The number of aromatic nitrogens is 3. The molecule has 4 aromatic rings. The van der Waals surface area contributed by atoms with Gasteiger partial charge in [-0.25, -0.2) is 19.2 Å². The number of methoxy groups -OCH3 is 1. The van der Waals surface area contributed by atoms with E-state index in [2.05, 4.69) is 42.4 Å². The summed E-state index contributed by atoms with van der Waals surface area (Å²) in [7, 11) is 3.66. The van der Waals surface area contributed by atoms with Crippen molar-refractivity contribution < 1.29 is 23.5 Å². The third kappa shape index (κ3) is 5.56.